The molecule has 0 amide bonds. The minimum atomic E-state index is 0.646. The maximum absolute atomic E-state index is 5.37. The summed E-state index contributed by atoms with van der Waals surface area (Å²) in [5, 5.41) is 7.01. The molecule has 0 aliphatic rings. The summed E-state index contributed by atoms with van der Waals surface area (Å²) < 4.78 is 2.43. The van der Waals surface area contributed by atoms with E-state index >= 15 is 0 Å². The quantitative estimate of drug-likeness (QED) is 0.171. The van der Waals surface area contributed by atoms with Gasteiger partial charge in [0.2, 0.25) is 0 Å². The lowest BCUT2D eigenvalue weighted by Gasteiger charge is -2.17. The second kappa shape index (κ2) is 12.1. The maximum Gasteiger partial charge on any atom is 0.165 e. The summed E-state index contributed by atoms with van der Waals surface area (Å²) in [5.41, 5.74) is 7.68. The van der Waals surface area contributed by atoms with Crippen LogP contribution in [0.3, 0.4) is 0 Å². The molecule has 8 aromatic carbocycles. The number of aromatic nitrogens is 3. The first-order chi connectivity index (χ1) is 25.3. The molecule has 0 aliphatic carbocycles. The van der Waals surface area contributed by atoms with E-state index in [9.17, 15) is 0 Å². The first-order valence-corrected chi connectivity index (χ1v) is 17.9. The summed E-state index contributed by atoms with van der Waals surface area (Å²) >= 11 is 1.79. The summed E-state index contributed by atoms with van der Waals surface area (Å²) in [6.07, 6.45) is 0. The van der Waals surface area contributed by atoms with Crippen LogP contribution >= 0.6 is 11.3 Å². The van der Waals surface area contributed by atoms with Crippen LogP contribution in [0.25, 0.3) is 98.1 Å². The average molecular weight is 668 g/mol. The lowest BCUT2D eigenvalue weighted by Crippen LogP contribution is -2.02. The molecule has 0 bridgehead atoms. The molecule has 0 saturated carbocycles. The Morgan fingerprint density at radius 3 is 1.43 bits per heavy atom. The third-order valence-electron chi connectivity index (χ3n) is 9.75. The lowest BCUT2D eigenvalue weighted by atomic mass is 9.88. The third kappa shape index (κ3) is 5.00. The number of hydrogen-bond donors (Lipinski definition) is 0. The van der Waals surface area contributed by atoms with Gasteiger partial charge in [0, 0.05) is 36.9 Å². The van der Waals surface area contributed by atoms with Crippen molar-refractivity contribution in [3.63, 3.8) is 0 Å². The van der Waals surface area contributed by atoms with Crippen molar-refractivity contribution >= 4 is 53.1 Å². The van der Waals surface area contributed by atoms with Crippen LogP contribution in [0.15, 0.2) is 176 Å². The van der Waals surface area contributed by atoms with Crippen molar-refractivity contribution in [1.29, 1.82) is 0 Å². The molecule has 0 saturated heterocycles. The van der Waals surface area contributed by atoms with Crippen molar-refractivity contribution in [1.82, 2.24) is 15.0 Å². The van der Waals surface area contributed by atoms with Gasteiger partial charge >= 0.3 is 0 Å². The van der Waals surface area contributed by atoms with Crippen LogP contribution in [0.4, 0.5) is 0 Å². The molecule has 10 aromatic rings. The molecule has 0 aliphatic heterocycles. The molecular weight excluding hydrogens is 639 g/mol. The molecule has 0 unspecified atom stereocenters. The van der Waals surface area contributed by atoms with Crippen LogP contribution in [0.5, 0.6) is 0 Å². The molecule has 0 spiro atoms. The van der Waals surface area contributed by atoms with E-state index in [1.165, 1.54) is 47.6 Å². The zero-order chi connectivity index (χ0) is 33.7. The molecule has 2 aromatic heterocycles. The number of rotatable bonds is 5. The smallest absolute Gasteiger partial charge is 0.165 e. The van der Waals surface area contributed by atoms with E-state index < -0.39 is 0 Å². The minimum Gasteiger partial charge on any atom is -0.208 e. The van der Waals surface area contributed by atoms with Gasteiger partial charge in [0.15, 0.2) is 17.5 Å². The van der Waals surface area contributed by atoms with E-state index in [2.05, 4.69) is 170 Å². The predicted octanol–water partition coefficient (Wildman–Crippen LogP) is 12.9. The Labute approximate surface area is 299 Å². The Hall–Kier alpha value is -6.49. The maximum atomic E-state index is 5.37. The first kappa shape index (κ1) is 29.4. The molecule has 0 atom stereocenters. The number of fused-ring (bicyclic) bond motifs is 5. The van der Waals surface area contributed by atoms with E-state index in [4.69, 9.17) is 15.0 Å². The van der Waals surface area contributed by atoms with Crippen molar-refractivity contribution in [2.45, 2.75) is 0 Å². The van der Waals surface area contributed by atoms with Gasteiger partial charge in [0.1, 0.15) is 0 Å². The topological polar surface area (TPSA) is 38.7 Å². The number of hydrogen-bond acceptors (Lipinski definition) is 4. The molecule has 238 valence electrons. The number of nitrogens with zero attached hydrogens (tertiary/aromatic N) is 3. The van der Waals surface area contributed by atoms with Crippen molar-refractivity contribution in [3.8, 4) is 56.4 Å². The monoisotopic (exact) mass is 667 g/mol. The van der Waals surface area contributed by atoms with Crippen molar-refractivity contribution < 1.29 is 0 Å². The van der Waals surface area contributed by atoms with Crippen LogP contribution in [0, 0.1) is 0 Å². The van der Waals surface area contributed by atoms with E-state index in [1.54, 1.807) is 11.3 Å². The highest BCUT2D eigenvalue weighted by Gasteiger charge is 2.21. The van der Waals surface area contributed by atoms with E-state index in [0.29, 0.717) is 17.5 Å². The van der Waals surface area contributed by atoms with Gasteiger partial charge in [-0.2, -0.15) is 0 Å². The van der Waals surface area contributed by atoms with Crippen LogP contribution in [-0.2, 0) is 0 Å². The van der Waals surface area contributed by atoms with E-state index in [-0.39, 0.29) is 0 Å². The van der Waals surface area contributed by atoms with Crippen molar-refractivity contribution in [2.75, 3.05) is 0 Å². The second-order valence-corrected chi connectivity index (χ2v) is 13.8. The Morgan fingerprint density at radius 2 is 0.765 bits per heavy atom. The Kier molecular flexibility index (Phi) is 7.00. The second-order valence-electron chi connectivity index (χ2n) is 12.7. The lowest BCUT2D eigenvalue weighted by molar-refractivity contribution is 1.08. The van der Waals surface area contributed by atoms with Gasteiger partial charge in [-0.25, -0.2) is 15.0 Å². The third-order valence-corrected chi connectivity index (χ3v) is 11.0. The zero-order valence-electron chi connectivity index (χ0n) is 27.5. The summed E-state index contributed by atoms with van der Waals surface area (Å²) in [6, 6.07) is 62.0. The zero-order valence-corrected chi connectivity index (χ0v) is 28.3. The summed E-state index contributed by atoms with van der Waals surface area (Å²) in [4.78, 5) is 15.9. The van der Waals surface area contributed by atoms with Gasteiger partial charge in [-0.15, -0.1) is 11.3 Å². The van der Waals surface area contributed by atoms with Gasteiger partial charge in [0.25, 0.3) is 0 Å². The molecule has 0 fully saturated rings. The predicted molar refractivity (Wildman–Crippen MR) is 215 cm³/mol. The number of benzene rings is 8. The van der Waals surface area contributed by atoms with Crippen LogP contribution in [0.1, 0.15) is 0 Å². The molecule has 51 heavy (non-hydrogen) atoms. The fourth-order valence-corrected chi connectivity index (χ4v) is 8.60. The SMILES string of the molecule is c1ccc(-c2ccc(-c3nc(-c4c5ccccc5c(-c5ccccc5)c5ccccc45)nc(-c4cccc5c4sc4ccccc45)n3)cc2)cc1. The Balaban J connectivity index is 1.26. The largest absolute Gasteiger partial charge is 0.208 e. The van der Waals surface area contributed by atoms with Crippen LogP contribution in [0.2, 0.25) is 0 Å². The Morgan fingerprint density at radius 1 is 0.294 bits per heavy atom. The molecule has 2 heterocycles. The highest BCUT2D eigenvalue weighted by molar-refractivity contribution is 7.26. The fraction of sp³-hybridized carbons (Fsp3) is 0. The van der Waals surface area contributed by atoms with E-state index in [1.807, 2.05) is 6.07 Å². The molecule has 3 nitrogen and oxygen atoms in total. The first-order valence-electron chi connectivity index (χ1n) is 17.1. The standard InChI is InChI=1S/C47H29N3S/c1-3-14-30(15-4-1)31-26-28-33(29-27-31)45-48-46(40-24-13-23-39-34-18-11-12-25-41(34)51-44(39)40)50-47(49-45)43-37-21-9-7-19-35(37)42(32-16-5-2-6-17-32)36-20-8-10-22-38(36)43/h1-29H. The molecule has 0 radical (unpaired) electrons. The van der Waals surface area contributed by atoms with Gasteiger partial charge < -0.3 is 0 Å². The summed E-state index contributed by atoms with van der Waals surface area (Å²) in [5.74, 6) is 1.97. The molecule has 4 heteroatoms. The molecule has 10 rings (SSSR count). The van der Waals surface area contributed by atoms with Crippen molar-refractivity contribution in [3.05, 3.63) is 176 Å². The van der Waals surface area contributed by atoms with Crippen LogP contribution in [-0.4, -0.2) is 15.0 Å². The van der Waals surface area contributed by atoms with Gasteiger partial charge in [0.05, 0.1) is 0 Å². The molecular formula is C47H29N3S. The summed E-state index contributed by atoms with van der Waals surface area (Å²) in [7, 11) is 0. The average Bonchev–Trinajstić information content (AvgIpc) is 3.59. The fourth-order valence-electron chi connectivity index (χ4n) is 7.39. The number of thiophene rings is 1. The van der Waals surface area contributed by atoms with Crippen LogP contribution < -0.4 is 0 Å². The normalized spacial score (nSPS) is 11.5. The minimum absolute atomic E-state index is 0.646. The Bertz CT molecular complexity index is 2840. The molecule has 0 N–H and O–H groups in total. The summed E-state index contributed by atoms with van der Waals surface area (Å²) in [6.45, 7) is 0. The van der Waals surface area contributed by atoms with Gasteiger partial charge in [-0.1, -0.05) is 164 Å². The highest BCUT2D eigenvalue weighted by Crippen LogP contribution is 2.44. The van der Waals surface area contributed by atoms with Crippen molar-refractivity contribution in [2.24, 2.45) is 0 Å². The highest BCUT2D eigenvalue weighted by atomic mass is 32.1. The van der Waals surface area contributed by atoms with Gasteiger partial charge in [-0.05, 0) is 55.9 Å². The van der Waals surface area contributed by atoms with Gasteiger partial charge in [-0.3, -0.25) is 0 Å². The van der Waals surface area contributed by atoms with E-state index in [0.717, 1.165) is 33.0 Å².